The number of ether oxygens (including phenoxy) is 4. The van der Waals surface area contributed by atoms with Crippen LogP contribution in [0.3, 0.4) is 0 Å². The number of aromatic nitrogens is 2. The molecule has 4 atom stereocenters. The summed E-state index contributed by atoms with van der Waals surface area (Å²) in [5, 5.41) is 11.8. The van der Waals surface area contributed by atoms with Gasteiger partial charge in [-0.3, -0.25) is 4.98 Å². The molecule has 2 aromatic heterocycles. The normalized spacial score (nSPS) is 27.2. The summed E-state index contributed by atoms with van der Waals surface area (Å²) < 4.78 is 37.5. The molecule has 0 spiro atoms. The molecule has 178 valence electrons. The number of carboxylic acid groups (broad SMARTS) is 1. The lowest BCUT2D eigenvalue weighted by Crippen LogP contribution is -2.50. The second-order valence-corrected chi connectivity index (χ2v) is 8.63. The van der Waals surface area contributed by atoms with Gasteiger partial charge >= 0.3 is 6.09 Å². The lowest BCUT2D eigenvalue weighted by Gasteiger charge is -2.36. The first kappa shape index (κ1) is 23.3. The van der Waals surface area contributed by atoms with Crippen LogP contribution in [-0.4, -0.2) is 65.0 Å². The molecule has 4 heterocycles. The van der Waals surface area contributed by atoms with E-state index in [1.165, 1.54) is 7.11 Å². The van der Waals surface area contributed by atoms with Crippen molar-refractivity contribution in [2.75, 3.05) is 13.7 Å². The van der Waals surface area contributed by atoms with Crippen LogP contribution in [0.4, 0.5) is 9.18 Å². The van der Waals surface area contributed by atoms with Crippen LogP contribution in [0.25, 0.3) is 17.1 Å². The zero-order valence-electron chi connectivity index (χ0n) is 18.8. The van der Waals surface area contributed by atoms with Gasteiger partial charge in [0, 0.05) is 18.1 Å². The summed E-state index contributed by atoms with van der Waals surface area (Å²) in [6, 6.07) is 3.02. The molecular weight excluding hydrogens is 433 g/mol. The molecule has 0 saturated carbocycles. The average Bonchev–Trinajstić information content (AvgIpc) is 3.12. The molecule has 1 amide bonds. The number of hydrogen-bond acceptors (Lipinski definition) is 7. The topological polar surface area (TPSA) is 112 Å². The van der Waals surface area contributed by atoms with E-state index in [9.17, 15) is 14.3 Å². The molecule has 0 aromatic carbocycles. The van der Waals surface area contributed by atoms with E-state index in [4.69, 9.17) is 18.9 Å². The third-order valence-corrected chi connectivity index (χ3v) is 5.80. The predicted molar refractivity (Wildman–Crippen MR) is 117 cm³/mol. The van der Waals surface area contributed by atoms with Crippen molar-refractivity contribution in [3.05, 3.63) is 35.8 Å². The number of fused-ring (bicyclic) bond motifs is 1. The van der Waals surface area contributed by atoms with Crippen LogP contribution >= 0.6 is 0 Å². The number of nitrogens with one attached hydrogen (secondary N) is 1. The lowest BCUT2D eigenvalue weighted by atomic mass is 9.94. The van der Waals surface area contributed by atoms with Crippen LogP contribution < -0.4 is 10.1 Å². The minimum absolute atomic E-state index is 0.205. The molecule has 0 bridgehead atoms. The van der Waals surface area contributed by atoms with Crippen molar-refractivity contribution in [1.82, 2.24) is 15.3 Å². The van der Waals surface area contributed by atoms with E-state index in [1.54, 1.807) is 24.3 Å². The first-order chi connectivity index (χ1) is 15.7. The average molecular weight is 461 g/mol. The monoisotopic (exact) mass is 461 g/mol. The molecule has 2 aliphatic rings. The Balaban J connectivity index is 1.52. The Hall–Kier alpha value is -2.82. The van der Waals surface area contributed by atoms with Crippen LogP contribution in [0.2, 0.25) is 0 Å². The number of hydrogen-bond donors (Lipinski definition) is 2. The Kier molecular flexibility index (Phi) is 6.78. The smallest absolute Gasteiger partial charge is 0.404 e. The first-order valence-corrected chi connectivity index (χ1v) is 10.9. The maximum atomic E-state index is 14.6. The van der Waals surface area contributed by atoms with Gasteiger partial charge in [-0.25, -0.2) is 14.2 Å². The Labute approximate surface area is 190 Å². The van der Waals surface area contributed by atoms with Gasteiger partial charge in [0.25, 0.3) is 0 Å². The third kappa shape index (κ3) is 5.58. The zero-order valence-corrected chi connectivity index (χ0v) is 18.8. The summed E-state index contributed by atoms with van der Waals surface area (Å²) in [6.07, 6.45) is 4.16. The first-order valence-electron chi connectivity index (χ1n) is 10.9. The van der Waals surface area contributed by atoms with E-state index in [-0.39, 0.29) is 18.2 Å². The van der Waals surface area contributed by atoms with E-state index >= 15 is 0 Å². The van der Waals surface area contributed by atoms with E-state index < -0.39 is 23.8 Å². The van der Waals surface area contributed by atoms with Crippen molar-refractivity contribution in [2.45, 2.75) is 63.3 Å². The Morgan fingerprint density at radius 1 is 1.39 bits per heavy atom. The van der Waals surface area contributed by atoms with Gasteiger partial charge < -0.3 is 29.4 Å². The second kappa shape index (κ2) is 9.58. The van der Waals surface area contributed by atoms with Crippen LogP contribution in [0.15, 0.2) is 24.4 Å². The molecule has 33 heavy (non-hydrogen) atoms. The standard InChI is InChI=1S/C23H28FN3O6/c1-23(2)31-12-14(33-23)10-19-17(26-22(28)29)7-5-13(32-19)4-6-15-16(24)11-25-18-8-9-20(30-3)27-21(15)18/h4,6,8-9,11,13-14,17,19,26H,5,7,10,12H2,1-3H3,(H,28,29)/b6-4+/t13-,14?,17-,19-/m1/s1. The SMILES string of the molecule is COc1ccc2ncc(F)c(/C=C/[C@@H]3CC[C@@H](NC(=O)O)[C@@H](CC4COC(C)(C)O4)O3)c2n1. The molecule has 9 nitrogen and oxygen atoms in total. The van der Waals surface area contributed by atoms with Gasteiger partial charge in [-0.05, 0) is 32.8 Å². The molecule has 10 heteroatoms. The van der Waals surface area contributed by atoms with Gasteiger partial charge in [-0.2, -0.15) is 0 Å². The molecule has 4 rings (SSSR count). The van der Waals surface area contributed by atoms with Gasteiger partial charge in [0.15, 0.2) is 11.6 Å². The second-order valence-electron chi connectivity index (χ2n) is 8.63. The fraction of sp³-hybridized carbons (Fsp3) is 0.522. The fourth-order valence-electron chi connectivity index (χ4n) is 4.26. The van der Waals surface area contributed by atoms with Gasteiger partial charge in [-0.1, -0.05) is 12.2 Å². The van der Waals surface area contributed by atoms with E-state index in [0.717, 1.165) is 6.20 Å². The summed E-state index contributed by atoms with van der Waals surface area (Å²) in [5.74, 6) is -0.818. The van der Waals surface area contributed by atoms with Crippen molar-refractivity contribution < 1.29 is 33.2 Å². The highest BCUT2D eigenvalue weighted by atomic mass is 19.1. The molecule has 2 N–H and O–H groups in total. The van der Waals surface area contributed by atoms with E-state index in [1.807, 2.05) is 13.8 Å². The summed E-state index contributed by atoms with van der Waals surface area (Å²) >= 11 is 0. The summed E-state index contributed by atoms with van der Waals surface area (Å²) in [7, 11) is 1.49. The van der Waals surface area contributed by atoms with Crippen molar-refractivity contribution in [3.8, 4) is 5.88 Å². The molecule has 2 fully saturated rings. The summed E-state index contributed by atoms with van der Waals surface area (Å²) in [4.78, 5) is 19.7. The maximum Gasteiger partial charge on any atom is 0.404 e. The zero-order chi connectivity index (χ0) is 23.6. The molecule has 2 aromatic rings. The highest BCUT2D eigenvalue weighted by Crippen LogP contribution is 2.31. The van der Waals surface area contributed by atoms with Crippen LogP contribution in [0, 0.1) is 5.82 Å². The molecule has 2 saturated heterocycles. The maximum absolute atomic E-state index is 14.6. The van der Waals surface area contributed by atoms with Crippen LogP contribution in [-0.2, 0) is 14.2 Å². The third-order valence-electron chi connectivity index (χ3n) is 5.80. The minimum atomic E-state index is -1.10. The molecule has 1 unspecified atom stereocenters. The number of methoxy groups -OCH3 is 1. The highest BCUT2D eigenvalue weighted by Gasteiger charge is 2.38. The number of amides is 1. The number of nitrogens with zero attached hydrogens (tertiary/aromatic N) is 2. The Morgan fingerprint density at radius 2 is 2.21 bits per heavy atom. The predicted octanol–water partition coefficient (Wildman–Crippen LogP) is 3.52. The van der Waals surface area contributed by atoms with Crippen LogP contribution in [0.5, 0.6) is 5.88 Å². The molecule has 2 aliphatic heterocycles. The van der Waals surface area contributed by atoms with Crippen molar-refractivity contribution in [1.29, 1.82) is 0 Å². The Morgan fingerprint density at radius 3 is 2.91 bits per heavy atom. The van der Waals surface area contributed by atoms with Crippen molar-refractivity contribution in [2.24, 2.45) is 0 Å². The summed E-state index contributed by atoms with van der Waals surface area (Å²) in [5.41, 5.74) is 1.23. The van der Waals surface area contributed by atoms with Gasteiger partial charge in [0.1, 0.15) is 5.52 Å². The molecule has 0 aliphatic carbocycles. The number of carbonyl (C=O) groups is 1. The van der Waals surface area contributed by atoms with Crippen molar-refractivity contribution in [3.63, 3.8) is 0 Å². The Bertz CT molecular complexity index is 1050. The number of pyridine rings is 2. The molecule has 0 radical (unpaired) electrons. The van der Waals surface area contributed by atoms with Gasteiger partial charge in [0.2, 0.25) is 5.88 Å². The van der Waals surface area contributed by atoms with Crippen LogP contribution in [0.1, 0.15) is 38.7 Å². The van der Waals surface area contributed by atoms with Crippen molar-refractivity contribution >= 4 is 23.2 Å². The summed E-state index contributed by atoms with van der Waals surface area (Å²) in [6.45, 7) is 4.09. The largest absolute Gasteiger partial charge is 0.481 e. The number of halogens is 1. The van der Waals surface area contributed by atoms with Gasteiger partial charge in [-0.15, -0.1) is 0 Å². The fourth-order valence-corrected chi connectivity index (χ4v) is 4.26. The van der Waals surface area contributed by atoms with E-state index in [2.05, 4.69) is 15.3 Å². The molecular formula is C23H28FN3O6. The van der Waals surface area contributed by atoms with Gasteiger partial charge in [0.05, 0.1) is 49.8 Å². The minimum Gasteiger partial charge on any atom is -0.481 e. The lowest BCUT2D eigenvalue weighted by molar-refractivity contribution is -0.146. The quantitative estimate of drug-likeness (QED) is 0.672. The van der Waals surface area contributed by atoms with E-state index in [0.29, 0.717) is 48.3 Å². The number of rotatable bonds is 6. The highest BCUT2D eigenvalue weighted by molar-refractivity contribution is 5.84.